The van der Waals surface area contributed by atoms with Crippen molar-refractivity contribution in [1.29, 1.82) is 0 Å². The van der Waals surface area contributed by atoms with Crippen molar-refractivity contribution < 1.29 is 9.59 Å². The topological polar surface area (TPSA) is 127 Å². The van der Waals surface area contributed by atoms with Crippen molar-refractivity contribution in [2.75, 3.05) is 11.1 Å². The number of nitrogens with one attached hydrogen (secondary N) is 2. The minimum Gasteiger partial charge on any atom is -0.395 e. The third-order valence-electron chi connectivity index (χ3n) is 2.61. The van der Waals surface area contributed by atoms with E-state index in [9.17, 15) is 9.59 Å². The van der Waals surface area contributed by atoms with Crippen molar-refractivity contribution in [3.05, 3.63) is 41.2 Å². The van der Waals surface area contributed by atoms with Gasteiger partial charge in [-0.3, -0.25) is 14.7 Å². The fraction of sp³-hybridized carbons (Fsp3) is 0.0833. The summed E-state index contributed by atoms with van der Waals surface area (Å²) in [7, 11) is 0. The van der Waals surface area contributed by atoms with Crippen LogP contribution in [-0.4, -0.2) is 22.0 Å². The molecule has 19 heavy (non-hydrogen) atoms. The van der Waals surface area contributed by atoms with E-state index < -0.39 is 11.8 Å². The van der Waals surface area contributed by atoms with Crippen LogP contribution >= 0.6 is 0 Å². The van der Waals surface area contributed by atoms with Crippen molar-refractivity contribution >= 4 is 23.2 Å². The van der Waals surface area contributed by atoms with Crippen LogP contribution in [0, 0.1) is 6.92 Å². The van der Waals surface area contributed by atoms with E-state index in [1.165, 1.54) is 6.07 Å². The average molecular weight is 259 g/mol. The van der Waals surface area contributed by atoms with Gasteiger partial charge in [0.2, 0.25) is 5.91 Å². The van der Waals surface area contributed by atoms with E-state index in [0.29, 0.717) is 22.6 Å². The van der Waals surface area contributed by atoms with Gasteiger partial charge in [0.15, 0.2) is 5.69 Å². The van der Waals surface area contributed by atoms with Crippen molar-refractivity contribution in [3.8, 4) is 0 Å². The standard InChI is InChI=1S/C12H13N5O2/c1-6-9(13)10(17-16-6)12(19)15-8-4-2-3-7(5-8)11(14)18/h2-5H,13H2,1H3,(H2,14,18)(H,15,19)(H,16,17). The first-order valence-electron chi connectivity index (χ1n) is 5.50. The first-order valence-corrected chi connectivity index (χ1v) is 5.50. The van der Waals surface area contributed by atoms with Gasteiger partial charge in [0.1, 0.15) is 0 Å². The maximum absolute atomic E-state index is 11.9. The monoisotopic (exact) mass is 259 g/mol. The molecule has 0 spiro atoms. The molecular formula is C12H13N5O2. The van der Waals surface area contributed by atoms with Gasteiger partial charge in [0.25, 0.3) is 5.91 Å². The number of carbonyl (C=O) groups is 2. The molecule has 0 aliphatic carbocycles. The van der Waals surface area contributed by atoms with E-state index in [0.717, 1.165) is 0 Å². The Morgan fingerprint density at radius 3 is 2.68 bits per heavy atom. The second-order valence-electron chi connectivity index (χ2n) is 4.01. The number of aromatic amines is 1. The minimum absolute atomic E-state index is 0.113. The lowest BCUT2D eigenvalue weighted by atomic mass is 10.2. The molecule has 0 saturated heterocycles. The highest BCUT2D eigenvalue weighted by atomic mass is 16.2. The van der Waals surface area contributed by atoms with Gasteiger partial charge in [-0.2, -0.15) is 5.10 Å². The zero-order valence-electron chi connectivity index (χ0n) is 10.2. The third-order valence-corrected chi connectivity index (χ3v) is 2.61. The molecule has 0 atom stereocenters. The van der Waals surface area contributed by atoms with E-state index in [1.54, 1.807) is 25.1 Å². The molecule has 7 heteroatoms. The first kappa shape index (κ1) is 12.6. The molecule has 2 amide bonds. The Bertz CT molecular complexity index is 647. The van der Waals surface area contributed by atoms with Crippen LogP contribution < -0.4 is 16.8 Å². The van der Waals surface area contributed by atoms with Crippen molar-refractivity contribution in [2.24, 2.45) is 5.73 Å². The highest BCUT2D eigenvalue weighted by molar-refractivity contribution is 6.07. The number of carbonyl (C=O) groups excluding carboxylic acids is 2. The molecule has 0 radical (unpaired) electrons. The Balaban J connectivity index is 2.22. The van der Waals surface area contributed by atoms with Crippen LogP contribution in [0.1, 0.15) is 26.5 Å². The Kier molecular flexibility index (Phi) is 3.19. The number of rotatable bonds is 3. The number of primary amides is 1. The molecule has 7 nitrogen and oxygen atoms in total. The number of nitrogen functional groups attached to an aromatic ring is 1. The van der Waals surface area contributed by atoms with Gasteiger partial charge in [-0.05, 0) is 25.1 Å². The van der Waals surface area contributed by atoms with Crippen molar-refractivity contribution in [2.45, 2.75) is 6.92 Å². The zero-order valence-corrected chi connectivity index (χ0v) is 10.2. The van der Waals surface area contributed by atoms with Gasteiger partial charge in [-0.15, -0.1) is 0 Å². The van der Waals surface area contributed by atoms with Crippen LogP contribution in [0.15, 0.2) is 24.3 Å². The zero-order chi connectivity index (χ0) is 14.0. The molecule has 0 aliphatic heterocycles. The lowest BCUT2D eigenvalue weighted by molar-refractivity contribution is 0.0995. The normalized spacial score (nSPS) is 10.2. The van der Waals surface area contributed by atoms with Gasteiger partial charge < -0.3 is 16.8 Å². The molecule has 2 rings (SSSR count). The van der Waals surface area contributed by atoms with Crippen LogP contribution in [0.5, 0.6) is 0 Å². The summed E-state index contributed by atoms with van der Waals surface area (Å²) >= 11 is 0. The summed E-state index contributed by atoms with van der Waals surface area (Å²) in [5.41, 5.74) is 12.7. The molecule has 0 saturated carbocycles. The van der Waals surface area contributed by atoms with Gasteiger partial charge in [0, 0.05) is 11.3 Å². The number of benzene rings is 1. The maximum Gasteiger partial charge on any atom is 0.278 e. The fourth-order valence-electron chi connectivity index (χ4n) is 1.55. The highest BCUT2D eigenvalue weighted by Crippen LogP contribution is 2.16. The fourth-order valence-corrected chi connectivity index (χ4v) is 1.55. The molecule has 0 unspecified atom stereocenters. The Hall–Kier alpha value is -2.83. The molecule has 6 N–H and O–H groups in total. The number of hydrogen-bond acceptors (Lipinski definition) is 4. The van der Waals surface area contributed by atoms with Gasteiger partial charge >= 0.3 is 0 Å². The number of anilines is 2. The second kappa shape index (κ2) is 4.81. The number of aromatic nitrogens is 2. The van der Waals surface area contributed by atoms with Gasteiger partial charge in [-0.25, -0.2) is 0 Å². The summed E-state index contributed by atoms with van der Waals surface area (Å²) < 4.78 is 0. The first-order chi connectivity index (χ1) is 8.99. The molecule has 0 fully saturated rings. The van der Waals surface area contributed by atoms with Gasteiger partial charge in [0.05, 0.1) is 11.4 Å². The highest BCUT2D eigenvalue weighted by Gasteiger charge is 2.15. The maximum atomic E-state index is 11.9. The molecule has 98 valence electrons. The molecular weight excluding hydrogens is 246 g/mol. The second-order valence-corrected chi connectivity index (χ2v) is 4.01. The molecule has 0 bridgehead atoms. The van der Waals surface area contributed by atoms with E-state index >= 15 is 0 Å². The van der Waals surface area contributed by atoms with Gasteiger partial charge in [-0.1, -0.05) is 6.07 Å². The minimum atomic E-state index is -0.564. The SMILES string of the molecule is Cc1[nH]nc(C(=O)Nc2cccc(C(N)=O)c2)c1N. The number of aryl methyl sites for hydroxylation is 1. The average Bonchev–Trinajstić information content (AvgIpc) is 2.70. The van der Waals surface area contributed by atoms with Crippen LogP contribution in [0.3, 0.4) is 0 Å². The molecule has 1 aromatic heterocycles. The largest absolute Gasteiger partial charge is 0.395 e. The summed E-state index contributed by atoms with van der Waals surface area (Å²) in [5, 5.41) is 9.04. The molecule has 1 heterocycles. The third kappa shape index (κ3) is 2.54. The summed E-state index contributed by atoms with van der Waals surface area (Å²) in [4.78, 5) is 23.0. The quantitative estimate of drug-likeness (QED) is 0.645. The predicted molar refractivity (Wildman–Crippen MR) is 70.7 cm³/mol. The van der Waals surface area contributed by atoms with E-state index in [-0.39, 0.29) is 5.69 Å². The van der Waals surface area contributed by atoms with Crippen molar-refractivity contribution in [3.63, 3.8) is 0 Å². The van der Waals surface area contributed by atoms with Crippen LogP contribution in [0.4, 0.5) is 11.4 Å². The lowest BCUT2D eigenvalue weighted by Crippen LogP contribution is -2.15. The smallest absolute Gasteiger partial charge is 0.278 e. The van der Waals surface area contributed by atoms with E-state index in [2.05, 4.69) is 15.5 Å². The number of H-pyrrole nitrogens is 1. The predicted octanol–water partition coefficient (Wildman–Crippen LogP) is 0.652. The number of hydrogen-bond donors (Lipinski definition) is 4. The van der Waals surface area contributed by atoms with Crippen molar-refractivity contribution in [1.82, 2.24) is 10.2 Å². The summed E-state index contributed by atoms with van der Waals surface area (Å²) in [5.74, 6) is -1.02. The Morgan fingerprint density at radius 2 is 2.11 bits per heavy atom. The summed E-state index contributed by atoms with van der Waals surface area (Å²) in [6, 6.07) is 6.30. The van der Waals surface area contributed by atoms with Crippen LogP contribution in [0.2, 0.25) is 0 Å². The van der Waals surface area contributed by atoms with E-state index in [4.69, 9.17) is 11.5 Å². The lowest BCUT2D eigenvalue weighted by Gasteiger charge is -2.05. The number of amides is 2. The Morgan fingerprint density at radius 1 is 1.37 bits per heavy atom. The summed E-state index contributed by atoms with van der Waals surface area (Å²) in [6.07, 6.45) is 0. The van der Waals surface area contributed by atoms with E-state index in [1.807, 2.05) is 0 Å². The molecule has 1 aromatic carbocycles. The summed E-state index contributed by atoms with van der Waals surface area (Å²) in [6.45, 7) is 1.72. The number of nitrogens with two attached hydrogens (primary N) is 2. The molecule has 2 aromatic rings. The van der Waals surface area contributed by atoms with Crippen LogP contribution in [0.25, 0.3) is 0 Å². The van der Waals surface area contributed by atoms with Crippen LogP contribution in [-0.2, 0) is 0 Å². The number of nitrogens with zero attached hydrogens (tertiary/aromatic N) is 1. The Labute approximate surface area is 109 Å². The molecule has 0 aliphatic rings.